The highest BCUT2D eigenvalue weighted by Gasteiger charge is 2.11. The summed E-state index contributed by atoms with van der Waals surface area (Å²) in [6, 6.07) is 5.30. The molecule has 0 saturated carbocycles. The van der Waals surface area contributed by atoms with E-state index in [4.69, 9.17) is 20.5 Å². The summed E-state index contributed by atoms with van der Waals surface area (Å²) in [6.07, 6.45) is -0.556. The molecule has 1 aromatic rings. The summed E-state index contributed by atoms with van der Waals surface area (Å²) in [4.78, 5) is 11.5. The van der Waals surface area contributed by atoms with Crippen molar-refractivity contribution in [2.75, 3.05) is 18.9 Å². The molecule has 0 amide bonds. The summed E-state index contributed by atoms with van der Waals surface area (Å²) >= 11 is 0. The highest BCUT2D eigenvalue weighted by atomic mass is 19.1. The summed E-state index contributed by atoms with van der Waals surface area (Å²) in [5.41, 5.74) is 5.60. The van der Waals surface area contributed by atoms with Gasteiger partial charge in [0.25, 0.3) is 0 Å². The van der Waals surface area contributed by atoms with Crippen molar-refractivity contribution in [2.24, 2.45) is 0 Å². The minimum absolute atomic E-state index is 0.00166. The first-order valence-electron chi connectivity index (χ1n) is 5.28. The Labute approximate surface area is 104 Å². The highest BCUT2D eigenvalue weighted by molar-refractivity contribution is 5.94. The van der Waals surface area contributed by atoms with Gasteiger partial charge in [-0.15, -0.1) is 0 Å². The van der Waals surface area contributed by atoms with Gasteiger partial charge in [0.2, 0.25) is 0 Å². The summed E-state index contributed by atoms with van der Waals surface area (Å²) in [5, 5.41) is 8.45. The Hall–Kier alpha value is -2.13. The van der Waals surface area contributed by atoms with E-state index in [1.165, 1.54) is 6.07 Å². The van der Waals surface area contributed by atoms with Crippen molar-refractivity contribution >= 4 is 11.7 Å². The Morgan fingerprint density at radius 3 is 2.89 bits per heavy atom. The fourth-order valence-electron chi connectivity index (χ4n) is 1.19. The van der Waals surface area contributed by atoms with E-state index in [0.717, 1.165) is 12.1 Å². The smallest absolute Gasteiger partial charge is 0.340 e. The lowest BCUT2D eigenvalue weighted by molar-refractivity contribution is 0.0248. The van der Waals surface area contributed by atoms with Gasteiger partial charge < -0.3 is 15.2 Å². The summed E-state index contributed by atoms with van der Waals surface area (Å²) in [5.74, 6) is -1.17. The molecular formula is C12H13FN2O3. The van der Waals surface area contributed by atoms with Crippen LogP contribution in [0.5, 0.6) is 0 Å². The molecule has 1 unspecified atom stereocenters. The molecule has 0 aliphatic heterocycles. The molecule has 5 nitrogen and oxygen atoms in total. The lowest BCUT2D eigenvalue weighted by atomic mass is 10.2. The van der Waals surface area contributed by atoms with Gasteiger partial charge in [-0.1, -0.05) is 0 Å². The van der Waals surface area contributed by atoms with Gasteiger partial charge in [-0.25, -0.2) is 9.18 Å². The number of carbonyl (C=O) groups is 1. The number of hydrogen-bond donors (Lipinski definition) is 1. The second kappa shape index (κ2) is 6.57. The van der Waals surface area contributed by atoms with Crippen molar-refractivity contribution in [3.63, 3.8) is 0 Å². The van der Waals surface area contributed by atoms with E-state index in [1.54, 1.807) is 6.92 Å². The van der Waals surface area contributed by atoms with Crippen LogP contribution in [0.3, 0.4) is 0 Å². The van der Waals surface area contributed by atoms with E-state index in [2.05, 4.69) is 0 Å². The molecule has 1 rings (SSSR count). The largest absolute Gasteiger partial charge is 0.460 e. The number of benzene rings is 1. The van der Waals surface area contributed by atoms with E-state index < -0.39 is 17.9 Å². The molecule has 0 bridgehead atoms. The molecule has 0 saturated heterocycles. The molecule has 1 atom stereocenters. The van der Waals surface area contributed by atoms with Crippen molar-refractivity contribution < 1.29 is 18.7 Å². The third kappa shape index (κ3) is 4.03. The minimum atomic E-state index is -0.652. The third-order valence-electron chi connectivity index (χ3n) is 2.10. The Balaban J connectivity index is 2.44. The zero-order valence-electron chi connectivity index (χ0n) is 9.85. The quantitative estimate of drug-likeness (QED) is 0.487. The topological polar surface area (TPSA) is 85.3 Å². The van der Waals surface area contributed by atoms with Gasteiger partial charge in [0.05, 0.1) is 18.2 Å². The molecule has 0 aromatic heterocycles. The van der Waals surface area contributed by atoms with Crippen LogP contribution < -0.4 is 5.73 Å². The maximum Gasteiger partial charge on any atom is 0.340 e. The average molecular weight is 252 g/mol. The number of nitrogens with zero attached hydrogens (tertiary/aromatic N) is 1. The Morgan fingerprint density at radius 1 is 1.56 bits per heavy atom. The van der Waals surface area contributed by atoms with E-state index in [1.807, 2.05) is 6.07 Å². The van der Waals surface area contributed by atoms with Gasteiger partial charge in [-0.2, -0.15) is 5.26 Å². The first kappa shape index (κ1) is 13.9. The molecule has 6 heteroatoms. The summed E-state index contributed by atoms with van der Waals surface area (Å²) < 4.78 is 22.6. The van der Waals surface area contributed by atoms with Gasteiger partial charge in [0.1, 0.15) is 18.5 Å². The zero-order chi connectivity index (χ0) is 13.5. The molecule has 96 valence electrons. The second-order valence-corrected chi connectivity index (χ2v) is 3.51. The monoisotopic (exact) mass is 252 g/mol. The summed E-state index contributed by atoms with van der Waals surface area (Å²) in [6.45, 7) is 1.70. The first-order chi connectivity index (χ1) is 8.54. The normalized spacial score (nSPS) is 11.6. The maximum absolute atomic E-state index is 12.8. The molecular weight excluding hydrogens is 239 g/mol. The number of carbonyl (C=O) groups excluding carboxylic acids is 1. The van der Waals surface area contributed by atoms with Crippen LogP contribution in [0.2, 0.25) is 0 Å². The Kier molecular flexibility index (Phi) is 5.08. The van der Waals surface area contributed by atoms with Gasteiger partial charge >= 0.3 is 5.97 Å². The van der Waals surface area contributed by atoms with Gasteiger partial charge in [0.15, 0.2) is 0 Å². The van der Waals surface area contributed by atoms with Crippen LogP contribution in [0.1, 0.15) is 17.3 Å². The lowest BCUT2D eigenvalue weighted by Gasteiger charge is -2.08. The van der Waals surface area contributed by atoms with Crippen molar-refractivity contribution in [1.29, 1.82) is 5.26 Å². The van der Waals surface area contributed by atoms with Crippen LogP contribution in [0, 0.1) is 17.1 Å². The number of nitrogen functional groups attached to an aromatic ring is 1. The predicted molar refractivity (Wildman–Crippen MR) is 62.1 cm³/mol. The number of hydrogen-bond acceptors (Lipinski definition) is 5. The molecule has 2 N–H and O–H groups in total. The zero-order valence-corrected chi connectivity index (χ0v) is 9.85. The van der Waals surface area contributed by atoms with Crippen LogP contribution >= 0.6 is 0 Å². The number of ether oxygens (including phenoxy) is 2. The number of esters is 1. The third-order valence-corrected chi connectivity index (χ3v) is 2.10. The number of halogens is 1. The number of rotatable bonds is 5. The number of anilines is 1. The fraction of sp³-hybridized carbons (Fsp3) is 0.333. The maximum atomic E-state index is 12.8. The molecule has 18 heavy (non-hydrogen) atoms. The molecule has 0 aliphatic rings. The van der Waals surface area contributed by atoms with Crippen molar-refractivity contribution in [1.82, 2.24) is 0 Å². The molecule has 0 fully saturated rings. The van der Waals surface area contributed by atoms with E-state index in [0.29, 0.717) is 0 Å². The minimum Gasteiger partial charge on any atom is -0.460 e. The number of nitriles is 1. The van der Waals surface area contributed by atoms with Crippen LogP contribution in [0.25, 0.3) is 0 Å². The van der Waals surface area contributed by atoms with E-state index in [9.17, 15) is 9.18 Å². The average Bonchev–Trinajstić information content (AvgIpc) is 2.34. The van der Waals surface area contributed by atoms with Crippen LogP contribution in [0.4, 0.5) is 10.1 Å². The predicted octanol–water partition coefficient (Wildman–Crippen LogP) is 1.49. The first-order valence-corrected chi connectivity index (χ1v) is 5.28. The molecule has 0 heterocycles. The fourth-order valence-corrected chi connectivity index (χ4v) is 1.19. The van der Waals surface area contributed by atoms with Gasteiger partial charge in [-0.05, 0) is 25.1 Å². The van der Waals surface area contributed by atoms with Crippen molar-refractivity contribution in [3.05, 3.63) is 29.6 Å². The number of nitrogens with two attached hydrogens (primary N) is 1. The van der Waals surface area contributed by atoms with Crippen molar-refractivity contribution in [2.45, 2.75) is 13.0 Å². The van der Waals surface area contributed by atoms with Crippen LogP contribution in [0.15, 0.2) is 18.2 Å². The standard InChI is InChI=1S/C12H13FN2O3/c1-8(7-14)17-4-5-18-12(16)10-3-2-9(13)6-11(10)15/h2-3,6,8H,4-5,15H2,1H3. The highest BCUT2D eigenvalue weighted by Crippen LogP contribution is 2.14. The summed E-state index contributed by atoms with van der Waals surface area (Å²) in [7, 11) is 0. The molecule has 0 aliphatic carbocycles. The van der Waals surface area contributed by atoms with Crippen molar-refractivity contribution in [3.8, 4) is 6.07 Å². The van der Waals surface area contributed by atoms with Crippen LogP contribution in [-0.2, 0) is 9.47 Å². The SMILES string of the molecule is CC(C#N)OCCOC(=O)c1ccc(F)cc1N. The Bertz CT molecular complexity index is 471. The van der Waals surface area contributed by atoms with E-state index in [-0.39, 0.29) is 24.5 Å². The van der Waals surface area contributed by atoms with E-state index >= 15 is 0 Å². The molecule has 0 spiro atoms. The Morgan fingerprint density at radius 2 is 2.28 bits per heavy atom. The van der Waals surface area contributed by atoms with Gasteiger partial charge in [0, 0.05) is 5.69 Å². The van der Waals surface area contributed by atoms with Crippen LogP contribution in [-0.4, -0.2) is 25.3 Å². The second-order valence-electron chi connectivity index (χ2n) is 3.51. The van der Waals surface area contributed by atoms with Gasteiger partial charge in [-0.3, -0.25) is 0 Å². The molecule has 1 aromatic carbocycles. The lowest BCUT2D eigenvalue weighted by Crippen LogP contribution is -2.15. The molecule has 0 radical (unpaired) electrons.